The van der Waals surface area contributed by atoms with Crippen molar-refractivity contribution in [3.63, 3.8) is 0 Å². The summed E-state index contributed by atoms with van der Waals surface area (Å²) in [7, 11) is 1.66. The van der Waals surface area contributed by atoms with Crippen LogP contribution in [0.5, 0.6) is 0 Å². The van der Waals surface area contributed by atoms with Gasteiger partial charge in [0.15, 0.2) is 5.82 Å². The lowest BCUT2D eigenvalue weighted by Crippen LogP contribution is -2.32. The van der Waals surface area contributed by atoms with E-state index >= 15 is 0 Å². The molecule has 3 aromatic rings. The van der Waals surface area contributed by atoms with E-state index in [2.05, 4.69) is 15.4 Å². The Hall–Kier alpha value is -2.87. The number of hydrogen-bond acceptors (Lipinski definition) is 5. The largest absolute Gasteiger partial charge is 0.350 e. The first-order chi connectivity index (χ1) is 12.6. The van der Waals surface area contributed by atoms with E-state index in [-0.39, 0.29) is 18.1 Å². The predicted octanol–water partition coefficient (Wildman–Crippen LogP) is 1.80. The predicted molar refractivity (Wildman–Crippen MR) is 101 cm³/mol. The van der Waals surface area contributed by atoms with Crippen LogP contribution >= 0.6 is 11.8 Å². The molecule has 1 aromatic carbocycles. The number of nitrogens with one attached hydrogen (secondary N) is 1. The molecule has 3 rings (SSSR count). The molecule has 0 radical (unpaired) electrons. The van der Waals surface area contributed by atoms with Gasteiger partial charge < -0.3 is 5.32 Å². The second-order valence-corrected chi connectivity index (χ2v) is 6.41. The van der Waals surface area contributed by atoms with Gasteiger partial charge in [0.25, 0.3) is 5.91 Å². The molecule has 2 heterocycles. The van der Waals surface area contributed by atoms with Crippen molar-refractivity contribution < 1.29 is 4.79 Å². The number of benzene rings is 1. The average molecular weight is 369 g/mol. The number of hydrogen-bond donors (Lipinski definition) is 1. The van der Waals surface area contributed by atoms with E-state index in [1.807, 2.05) is 30.5 Å². The van der Waals surface area contributed by atoms with Crippen molar-refractivity contribution in [2.24, 2.45) is 7.05 Å². The van der Waals surface area contributed by atoms with E-state index in [1.54, 1.807) is 31.4 Å². The highest BCUT2D eigenvalue weighted by Gasteiger charge is 2.14. The molecule has 0 unspecified atom stereocenters. The zero-order chi connectivity index (χ0) is 18.5. The minimum absolute atomic E-state index is 0.163. The Balaban J connectivity index is 1.69. The van der Waals surface area contributed by atoms with Crippen molar-refractivity contribution in [2.75, 3.05) is 12.8 Å². The van der Waals surface area contributed by atoms with Crippen LogP contribution in [0.2, 0.25) is 0 Å². The van der Waals surface area contributed by atoms with Crippen LogP contribution in [0.1, 0.15) is 10.4 Å². The number of carbonyl (C=O) groups excluding carboxylic acids is 1. The number of pyridine rings is 1. The Morgan fingerprint density at radius 1 is 1.19 bits per heavy atom. The number of nitrogens with zero attached hydrogens (tertiary/aromatic N) is 4. The fourth-order valence-electron chi connectivity index (χ4n) is 2.55. The van der Waals surface area contributed by atoms with Crippen LogP contribution in [0.25, 0.3) is 11.5 Å². The lowest BCUT2D eigenvalue weighted by Gasteiger charge is -2.08. The summed E-state index contributed by atoms with van der Waals surface area (Å²) in [6, 6.07) is 12.9. The highest BCUT2D eigenvalue weighted by molar-refractivity contribution is 7.98. The molecule has 0 aliphatic rings. The molecule has 1 N–H and O–H groups in total. The number of aromatic nitrogens is 4. The minimum Gasteiger partial charge on any atom is -0.350 e. The maximum atomic E-state index is 12.3. The van der Waals surface area contributed by atoms with Gasteiger partial charge in [-0.25, -0.2) is 9.48 Å². The van der Waals surface area contributed by atoms with Gasteiger partial charge in [0.2, 0.25) is 0 Å². The van der Waals surface area contributed by atoms with Crippen LogP contribution in [-0.2, 0) is 13.6 Å². The van der Waals surface area contributed by atoms with E-state index in [0.717, 1.165) is 4.90 Å². The first kappa shape index (κ1) is 17.9. The third-order valence-electron chi connectivity index (χ3n) is 3.90. The third-order valence-corrected chi connectivity index (χ3v) is 4.69. The van der Waals surface area contributed by atoms with Crippen molar-refractivity contribution in [1.29, 1.82) is 0 Å². The highest BCUT2D eigenvalue weighted by atomic mass is 32.2. The van der Waals surface area contributed by atoms with E-state index in [9.17, 15) is 9.59 Å². The van der Waals surface area contributed by atoms with Crippen LogP contribution in [0.3, 0.4) is 0 Å². The monoisotopic (exact) mass is 369 g/mol. The first-order valence-electron chi connectivity index (χ1n) is 8.08. The zero-order valence-corrected chi connectivity index (χ0v) is 15.4. The maximum Gasteiger partial charge on any atom is 0.346 e. The van der Waals surface area contributed by atoms with Gasteiger partial charge in [0, 0.05) is 24.7 Å². The van der Waals surface area contributed by atoms with E-state index in [4.69, 9.17) is 0 Å². The molecule has 0 bridgehead atoms. The third kappa shape index (κ3) is 3.70. The molecule has 0 saturated carbocycles. The van der Waals surface area contributed by atoms with Crippen molar-refractivity contribution in [3.8, 4) is 11.5 Å². The molecule has 7 nitrogen and oxygen atoms in total. The van der Waals surface area contributed by atoms with Gasteiger partial charge >= 0.3 is 5.69 Å². The molecule has 26 heavy (non-hydrogen) atoms. The van der Waals surface area contributed by atoms with Gasteiger partial charge in [0.1, 0.15) is 5.69 Å². The number of amides is 1. The second kappa shape index (κ2) is 8.01. The summed E-state index contributed by atoms with van der Waals surface area (Å²) in [5.41, 5.74) is 1.01. The van der Waals surface area contributed by atoms with Crippen LogP contribution in [0.15, 0.2) is 58.4 Å². The molecular formula is C18H19N5O2S. The smallest absolute Gasteiger partial charge is 0.346 e. The first-order valence-corrected chi connectivity index (χ1v) is 9.30. The summed E-state index contributed by atoms with van der Waals surface area (Å²) < 4.78 is 2.79. The van der Waals surface area contributed by atoms with Crippen molar-refractivity contribution in [3.05, 3.63) is 64.7 Å². The van der Waals surface area contributed by atoms with Crippen LogP contribution in [0, 0.1) is 0 Å². The second-order valence-electron chi connectivity index (χ2n) is 5.56. The summed E-state index contributed by atoms with van der Waals surface area (Å²) in [5, 5.41) is 7.17. The normalized spacial score (nSPS) is 10.7. The molecule has 1 amide bonds. The molecule has 8 heteroatoms. The summed E-state index contributed by atoms with van der Waals surface area (Å²) in [6.45, 7) is 0.590. The lowest BCUT2D eigenvalue weighted by atomic mass is 10.2. The van der Waals surface area contributed by atoms with Gasteiger partial charge in [-0.3, -0.25) is 14.3 Å². The number of thioether (sulfide) groups is 1. The standard InChI is InChI=1S/C18H19N5O2S/c1-22-16(14-8-5-6-10-19-14)21-23(18(22)25)12-11-20-17(24)13-7-3-4-9-15(13)26-2/h3-10H,11-12H2,1-2H3,(H,20,24). The Labute approximate surface area is 155 Å². The number of carbonyl (C=O) groups is 1. The molecule has 0 aliphatic carbocycles. The van der Waals surface area contributed by atoms with Gasteiger partial charge in [-0.2, -0.15) is 0 Å². The Bertz CT molecular complexity index is 965. The highest BCUT2D eigenvalue weighted by Crippen LogP contribution is 2.19. The average Bonchev–Trinajstić information content (AvgIpc) is 2.97. The fraction of sp³-hybridized carbons (Fsp3) is 0.222. The summed E-state index contributed by atoms with van der Waals surface area (Å²) in [4.78, 5) is 29.8. The summed E-state index contributed by atoms with van der Waals surface area (Å²) in [6.07, 6.45) is 3.58. The number of rotatable bonds is 6. The Morgan fingerprint density at radius 2 is 1.96 bits per heavy atom. The fourth-order valence-corrected chi connectivity index (χ4v) is 3.15. The maximum absolute atomic E-state index is 12.3. The quantitative estimate of drug-likeness (QED) is 0.670. The Kier molecular flexibility index (Phi) is 5.52. The van der Waals surface area contributed by atoms with Gasteiger partial charge in [-0.05, 0) is 30.5 Å². The Morgan fingerprint density at radius 3 is 2.69 bits per heavy atom. The SMILES string of the molecule is CSc1ccccc1C(=O)NCCn1nc(-c2ccccn2)n(C)c1=O. The van der Waals surface area contributed by atoms with Crippen molar-refractivity contribution >= 4 is 17.7 Å². The molecule has 0 fully saturated rings. The summed E-state index contributed by atoms with van der Waals surface area (Å²) >= 11 is 1.52. The zero-order valence-electron chi connectivity index (χ0n) is 14.5. The van der Waals surface area contributed by atoms with Crippen LogP contribution in [-0.4, -0.2) is 38.0 Å². The van der Waals surface area contributed by atoms with Gasteiger partial charge in [-0.1, -0.05) is 18.2 Å². The molecule has 2 aromatic heterocycles. The van der Waals surface area contributed by atoms with Gasteiger partial charge in [0.05, 0.1) is 12.1 Å². The molecule has 0 saturated heterocycles. The molecule has 0 aliphatic heterocycles. The lowest BCUT2D eigenvalue weighted by molar-refractivity contribution is 0.0949. The van der Waals surface area contributed by atoms with Crippen LogP contribution in [0.4, 0.5) is 0 Å². The molecule has 0 spiro atoms. The topological polar surface area (TPSA) is 81.8 Å². The minimum atomic E-state index is -0.246. The molecule has 134 valence electrons. The van der Waals surface area contributed by atoms with Crippen LogP contribution < -0.4 is 11.0 Å². The summed E-state index contributed by atoms with van der Waals surface area (Å²) in [5.74, 6) is 0.332. The van der Waals surface area contributed by atoms with Crippen molar-refractivity contribution in [2.45, 2.75) is 11.4 Å². The van der Waals surface area contributed by atoms with E-state index in [1.165, 1.54) is 21.0 Å². The van der Waals surface area contributed by atoms with Gasteiger partial charge in [-0.15, -0.1) is 16.9 Å². The van der Waals surface area contributed by atoms with E-state index < -0.39 is 0 Å². The van der Waals surface area contributed by atoms with Crippen molar-refractivity contribution in [1.82, 2.24) is 24.6 Å². The molecule has 0 atom stereocenters. The van der Waals surface area contributed by atoms with E-state index in [0.29, 0.717) is 23.6 Å². The molecular weight excluding hydrogens is 350 g/mol.